The minimum absolute atomic E-state index is 0.0398. The third-order valence-electron chi connectivity index (χ3n) is 5.65. The molecule has 3 fully saturated rings. The molecule has 0 bridgehead atoms. The van der Waals surface area contributed by atoms with Crippen molar-refractivity contribution in [3.63, 3.8) is 0 Å². The van der Waals surface area contributed by atoms with Gasteiger partial charge in [0.05, 0.1) is 6.54 Å². The zero-order valence-electron chi connectivity index (χ0n) is 13.5. The standard InChI is InChI=1S/C17H29N3O2/c18-15-7-3-6-14(10-15)17(22)20-9-8-19(16(21)12-20)11-13-4-1-2-5-13/h13-15H,1-12,18H2/t14-,15-/m1/s1. The lowest BCUT2D eigenvalue weighted by Crippen LogP contribution is -2.54. The van der Waals surface area contributed by atoms with E-state index in [-0.39, 0.29) is 30.3 Å². The maximum Gasteiger partial charge on any atom is 0.242 e. The predicted octanol–water partition coefficient (Wildman–Crippen LogP) is 1.36. The summed E-state index contributed by atoms with van der Waals surface area (Å²) in [7, 11) is 0. The number of amides is 2. The van der Waals surface area contributed by atoms with Crippen molar-refractivity contribution in [3.8, 4) is 0 Å². The van der Waals surface area contributed by atoms with Crippen LogP contribution in [-0.2, 0) is 9.59 Å². The lowest BCUT2D eigenvalue weighted by molar-refractivity contribution is -0.148. The fraction of sp³-hybridized carbons (Fsp3) is 0.882. The van der Waals surface area contributed by atoms with Gasteiger partial charge in [0.25, 0.3) is 0 Å². The molecular weight excluding hydrogens is 278 g/mol. The van der Waals surface area contributed by atoms with Crippen molar-refractivity contribution in [2.24, 2.45) is 17.6 Å². The van der Waals surface area contributed by atoms with Gasteiger partial charge < -0.3 is 15.5 Å². The molecule has 5 nitrogen and oxygen atoms in total. The fourth-order valence-corrected chi connectivity index (χ4v) is 4.30. The topological polar surface area (TPSA) is 66.6 Å². The molecule has 0 aromatic carbocycles. The van der Waals surface area contributed by atoms with Gasteiger partial charge in [-0.2, -0.15) is 0 Å². The molecule has 3 aliphatic rings. The molecular formula is C17H29N3O2. The number of rotatable bonds is 3. The molecule has 3 rings (SSSR count). The molecule has 22 heavy (non-hydrogen) atoms. The van der Waals surface area contributed by atoms with Crippen molar-refractivity contribution in [2.45, 2.75) is 57.4 Å². The van der Waals surface area contributed by atoms with Gasteiger partial charge in [0.1, 0.15) is 0 Å². The summed E-state index contributed by atoms with van der Waals surface area (Å²) in [4.78, 5) is 28.7. The Morgan fingerprint density at radius 3 is 2.55 bits per heavy atom. The quantitative estimate of drug-likeness (QED) is 0.856. The molecule has 1 saturated heterocycles. The van der Waals surface area contributed by atoms with Gasteiger partial charge in [-0.15, -0.1) is 0 Å². The van der Waals surface area contributed by atoms with Crippen LogP contribution in [-0.4, -0.2) is 53.8 Å². The Bertz CT molecular complexity index is 420. The minimum atomic E-state index is 0.0398. The van der Waals surface area contributed by atoms with Crippen molar-refractivity contribution in [2.75, 3.05) is 26.2 Å². The highest BCUT2D eigenvalue weighted by Gasteiger charge is 2.34. The number of carbonyl (C=O) groups excluding carboxylic acids is 2. The van der Waals surface area contributed by atoms with Crippen LogP contribution in [0.1, 0.15) is 51.4 Å². The summed E-state index contributed by atoms with van der Waals surface area (Å²) in [6.45, 7) is 2.58. The first kappa shape index (κ1) is 15.8. The van der Waals surface area contributed by atoms with Crippen LogP contribution >= 0.6 is 0 Å². The van der Waals surface area contributed by atoms with E-state index < -0.39 is 0 Å². The van der Waals surface area contributed by atoms with Gasteiger partial charge in [0.15, 0.2) is 0 Å². The smallest absolute Gasteiger partial charge is 0.242 e. The van der Waals surface area contributed by atoms with Crippen molar-refractivity contribution in [1.29, 1.82) is 0 Å². The zero-order chi connectivity index (χ0) is 15.5. The maximum atomic E-state index is 12.6. The molecule has 2 saturated carbocycles. The van der Waals surface area contributed by atoms with Gasteiger partial charge in [0, 0.05) is 31.6 Å². The van der Waals surface area contributed by atoms with E-state index in [0.29, 0.717) is 19.0 Å². The van der Waals surface area contributed by atoms with E-state index in [1.54, 1.807) is 4.90 Å². The van der Waals surface area contributed by atoms with E-state index in [0.717, 1.165) is 32.2 Å². The second-order valence-corrected chi connectivity index (χ2v) is 7.37. The van der Waals surface area contributed by atoms with Crippen LogP contribution in [0.3, 0.4) is 0 Å². The molecule has 1 aliphatic heterocycles. The van der Waals surface area contributed by atoms with Gasteiger partial charge in [-0.05, 0) is 38.0 Å². The molecule has 124 valence electrons. The summed E-state index contributed by atoms with van der Waals surface area (Å²) < 4.78 is 0. The summed E-state index contributed by atoms with van der Waals surface area (Å²) in [6.07, 6.45) is 8.90. The van der Waals surface area contributed by atoms with E-state index in [1.165, 1.54) is 25.7 Å². The molecule has 2 atom stereocenters. The molecule has 2 N–H and O–H groups in total. The van der Waals surface area contributed by atoms with Gasteiger partial charge >= 0.3 is 0 Å². The molecule has 0 radical (unpaired) electrons. The second-order valence-electron chi connectivity index (χ2n) is 7.37. The van der Waals surface area contributed by atoms with Crippen LogP contribution in [0.2, 0.25) is 0 Å². The molecule has 2 aliphatic carbocycles. The van der Waals surface area contributed by atoms with E-state index in [4.69, 9.17) is 5.73 Å². The number of hydrogen-bond donors (Lipinski definition) is 1. The molecule has 0 aromatic heterocycles. The van der Waals surface area contributed by atoms with Crippen LogP contribution in [0, 0.1) is 11.8 Å². The highest BCUT2D eigenvalue weighted by atomic mass is 16.2. The minimum Gasteiger partial charge on any atom is -0.339 e. The fourth-order valence-electron chi connectivity index (χ4n) is 4.30. The molecule has 2 amide bonds. The third-order valence-corrected chi connectivity index (χ3v) is 5.65. The summed E-state index contributed by atoms with van der Waals surface area (Å²) >= 11 is 0. The van der Waals surface area contributed by atoms with Crippen molar-refractivity contribution < 1.29 is 9.59 Å². The van der Waals surface area contributed by atoms with Crippen LogP contribution < -0.4 is 5.73 Å². The van der Waals surface area contributed by atoms with Crippen LogP contribution in [0.4, 0.5) is 0 Å². The van der Waals surface area contributed by atoms with Crippen LogP contribution in [0.15, 0.2) is 0 Å². The summed E-state index contributed by atoms with van der Waals surface area (Å²) in [6, 6.07) is 0.155. The van der Waals surface area contributed by atoms with Gasteiger partial charge in [-0.1, -0.05) is 19.3 Å². The molecule has 0 aromatic rings. The van der Waals surface area contributed by atoms with Crippen molar-refractivity contribution in [3.05, 3.63) is 0 Å². The largest absolute Gasteiger partial charge is 0.339 e. The van der Waals surface area contributed by atoms with Crippen LogP contribution in [0.25, 0.3) is 0 Å². The molecule has 5 heteroatoms. The van der Waals surface area contributed by atoms with Gasteiger partial charge in [-0.25, -0.2) is 0 Å². The maximum absolute atomic E-state index is 12.6. The Kier molecular flexibility index (Phi) is 5.01. The summed E-state index contributed by atoms with van der Waals surface area (Å²) in [5.41, 5.74) is 5.99. The Morgan fingerprint density at radius 2 is 1.86 bits per heavy atom. The molecule has 0 unspecified atom stereocenters. The number of hydrogen-bond acceptors (Lipinski definition) is 3. The van der Waals surface area contributed by atoms with Crippen molar-refractivity contribution in [1.82, 2.24) is 9.80 Å². The highest BCUT2D eigenvalue weighted by Crippen LogP contribution is 2.27. The summed E-state index contributed by atoms with van der Waals surface area (Å²) in [5.74, 6) is 1.01. The second kappa shape index (κ2) is 6.99. The Morgan fingerprint density at radius 1 is 1.09 bits per heavy atom. The average molecular weight is 307 g/mol. The number of carbonyl (C=O) groups is 2. The number of nitrogens with zero attached hydrogens (tertiary/aromatic N) is 2. The van der Waals surface area contributed by atoms with E-state index >= 15 is 0 Å². The Labute approximate surface area is 133 Å². The normalized spacial score (nSPS) is 30.9. The lowest BCUT2D eigenvalue weighted by atomic mass is 9.85. The third kappa shape index (κ3) is 3.62. The number of nitrogens with two attached hydrogens (primary N) is 1. The van der Waals surface area contributed by atoms with Crippen molar-refractivity contribution >= 4 is 11.8 Å². The monoisotopic (exact) mass is 307 g/mol. The predicted molar refractivity (Wildman–Crippen MR) is 85.1 cm³/mol. The zero-order valence-corrected chi connectivity index (χ0v) is 13.5. The number of piperazine rings is 1. The lowest BCUT2D eigenvalue weighted by Gasteiger charge is -2.38. The first-order valence-electron chi connectivity index (χ1n) is 8.95. The van der Waals surface area contributed by atoms with Gasteiger partial charge in [0.2, 0.25) is 11.8 Å². The van der Waals surface area contributed by atoms with E-state index in [9.17, 15) is 9.59 Å². The summed E-state index contributed by atoms with van der Waals surface area (Å²) in [5, 5.41) is 0. The first-order chi connectivity index (χ1) is 10.6. The SMILES string of the molecule is N[C@@H]1CCC[C@@H](C(=O)N2CCN(CC3CCCC3)C(=O)C2)C1. The van der Waals surface area contributed by atoms with E-state index in [2.05, 4.69) is 0 Å². The van der Waals surface area contributed by atoms with Gasteiger partial charge in [-0.3, -0.25) is 9.59 Å². The Hall–Kier alpha value is -1.10. The highest BCUT2D eigenvalue weighted by molar-refractivity contribution is 5.87. The Balaban J connectivity index is 1.50. The molecule has 0 spiro atoms. The average Bonchev–Trinajstić information content (AvgIpc) is 3.01. The first-order valence-corrected chi connectivity index (χ1v) is 8.95. The van der Waals surface area contributed by atoms with Crippen LogP contribution in [0.5, 0.6) is 0 Å². The molecule has 1 heterocycles. The van der Waals surface area contributed by atoms with E-state index in [1.807, 2.05) is 4.90 Å².